The van der Waals surface area contributed by atoms with E-state index < -0.39 is 0 Å². The SMILES string of the molecule is CN(CCCN)Cc1nnsc1Cl. The Morgan fingerprint density at radius 3 is 2.92 bits per heavy atom. The second kappa shape index (κ2) is 5.49. The molecular formula is C7H13ClN4S. The summed E-state index contributed by atoms with van der Waals surface area (Å²) in [4.78, 5) is 2.13. The van der Waals surface area contributed by atoms with E-state index in [9.17, 15) is 0 Å². The van der Waals surface area contributed by atoms with Gasteiger partial charge < -0.3 is 10.6 Å². The van der Waals surface area contributed by atoms with Crippen LogP contribution in [0.15, 0.2) is 0 Å². The van der Waals surface area contributed by atoms with E-state index in [2.05, 4.69) is 14.5 Å². The van der Waals surface area contributed by atoms with Crippen LogP contribution in [0.2, 0.25) is 4.34 Å². The van der Waals surface area contributed by atoms with Crippen molar-refractivity contribution in [3.05, 3.63) is 10.0 Å². The van der Waals surface area contributed by atoms with Gasteiger partial charge in [-0.2, -0.15) is 0 Å². The molecule has 0 radical (unpaired) electrons. The molecule has 0 spiro atoms. The molecule has 1 aromatic rings. The number of halogens is 1. The van der Waals surface area contributed by atoms with Crippen LogP contribution in [0.5, 0.6) is 0 Å². The zero-order valence-electron chi connectivity index (χ0n) is 7.53. The lowest BCUT2D eigenvalue weighted by atomic mass is 10.3. The van der Waals surface area contributed by atoms with Crippen LogP contribution in [0.1, 0.15) is 12.1 Å². The molecule has 13 heavy (non-hydrogen) atoms. The molecular weight excluding hydrogens is 208 g/mol. The summed E-state index contributed by atoms with van der Waals surface area (Å²) in [5, 5.41) is 3.93. The van der Waals surface area contributed by atoms with Crippen LogP contribution in [0, 0.1) is 0 Å². The quantitative estimate of drug-likeness (QED) is 0.804. The summed E-state index contributed by atoms with van der Waals surface area (Å²) in [5.41, 5.74) is 6.25. The first-order valence-corrected chi connectivity index (χ1v) is 5.24. The van der Waals surface area contributed by atoms with Gasteiger partial charge in [0.05, 0.1) is 0 Å². The van der Waals surface area contributed by atoms with Crippen molar-refractivity contribution in [3.63, 3.8) is 0 Å². The molecule has 0 atom stereocenters. The minimum absolute atomic E-state index is 0.680. The second-order valence-corrected chi connectivity index (χ2v) is 4.23. The first kappa shape index (κ1) is 10.8. The van der Waals surface area contributed by atoms with Crippen molar-refractivity contribution in [1.29, 1.82) is 0 Å². The van der Waals surface area contributed by atoms with Gasteiger partial charge in [-0.1, -0.05) is 16.1 Å². The average molecular weight is 221 g/mol. The highest BCUT2D eigenvalue weighted by Gasteiger charge is 2.07. The molecule has 4 nitrogen and oxygen atoms in total. The van der Waals surface area contributed by atoms with E-state index in [1.165, 1.54) is 11.5 Å². The third kappa shape index (κ3) is 3.56. The van der Waals surface area contributed by atoms with E-state index in [1.807, 2.05) is 7.05 Å². The molecule has 1 rings (SSSR count). The van der Waals surface area contributed by atoms with Gasteiger partial charge in [0.15, 0.2) is 0 Å². The maximum atomic E-state index is 5.86. The normalized spacial score (nSPS) is 11.1. The predicted octanol–water partition coefficient (Wildman–Crippen LogP) is 0.972. The minimum atomic E-state index is 0.680. The number of rotatable bonds is 5. The molecule has 0 saturated carbocycles. The largest absolute Gasteiger partial charge is 0.330 e. The first-order chi connectivity index (χ1) is 6.24. The third-order valence-electron chi connectivity index (χ3n) is 1.67. The van der Waals surface area contributed by atoms with Crippen LogP contribution < -0.4 is 5.73 Å². The Kier molecular flexibility index (Phi) is 4.58. The number of nitrogens with zero attached hydrogens (tertiary/aromatic N) is 3. The Morgan fingerprint density at radius 2 is 2.38 bits per heavy atom. The van der Waals surface area contributed by atoms with Crippen molar-refractivity contribution in [2.24, 2.45) is 5.73 Å². The molecule has 6 heteroatoms. The van der Waals surface area contributed by atoms with Crippen LogP contribution in [-0.4, -0.2) is 34.6 Å². The van der Waals surface area contributed by atoms with Gasteiger partial charge in [0.1, 0.15) is 10.0 Å². The van der Waals surface area contributed by atoms with E-state index in [4.69, 9.17) is 17.3 Å². The molecule has 0 fully saturated rings. The highest BCUT2D eigenvalue weighted by Crippen LogP contribution is 2.18. The Bertz CT molecular complexity index is 252. The van der Waals surface area contributed by atoms with E-state index in [0.29, 0.717) is 10.9 Å². The summed E-state index contributed by atoms with van der Waals surface area (Å²) < 4.78 is 4.44. The van der Waals surface area contributed by atoms with Crippen LogP contribution >= 0.6 is 23.1 Å². The summed E-state index contributed by atoms with van der Waals surface area (Å²) in [6.45, 7) is 2.42. The van der Waals surface area contributed by atoms with Crippen molar-refractivity contribution in [2.75, 3.05) is 20.1 Å². The Balaban J connectivity index is 2.36. The van der Waals surface area contributed by atoms with Gasteiger partial charge in [0.25, 0.3) is 0 Å². The summed E-state index contributed by atoms with van der Waals surface area (Å²) in [5.74, 6) is 0. The molecule has 0 aliphatic carbocycles. The van der Waals surface area contributed by atoms with Gasteiger partial charge in [-0.25, -0.2) is 0 Å². The molecule has 1 aromatic heterocycles. The smallest absolute Gasteiger partial charge is 0.138 e. The summed E-state index contributed by atoms with van der Waals surface area (Å²) in [6, 6.07) is 0. The third-order valence-corrected chi connectivity index (χ3v) is 2.66. The van der Waals surface area contributed by atoms with Gasteiger partial charge >= 0.3 is 0 Å². The molecule has 0 unspecified atom stereocenters. The number of hydrogen-bond acceptors (Lipinski definition) is 5. The minimum Gasteiger partial charge on any atom is -0.330 e. The van der Waals surface area contributed by atoms with Crippen molar-refractivity contribution in [3.8, 4) is 0 Å². The average Bonchev–Trinajstić information content (AvgIpc) is 2.48. The van der Waals surface area contributed by atoms with E-state index in [-0.39, 0.29) is 0 Å². The molecule has 0 aromatic carbocycles. The highest BCUT2D eigenvalue weighted by molar-refractivity contribution is 7.10. The van der Waals surface area contributed by atoms with E-state index in [0.717, 1.165) is 25.2 Å². The molecule has 2 N–H and O–H groups in total. The number of hydrogen-bond donors (Lipinski definition) is 1. The van der Waals surface area contributed by atoms with Crippen molar-refractivity contribution in [1.82, 2.24) is 14.5 Å². The maximum absolute atomic E-state index is 5.86. The number of nitrogens with two attached hydrogens (primary N) is 1. The molecule has 74 valence electrons. The molecule has 1 heterocycles. The van der Waals surface area contributed by atoms with Gasteiger partial charge in [-0.15, -0.1) is 5.10 Å². The van der Waals surface area contributed by atoms with Gasteiger partial charge in [0.2, 0.25) is 0 Å². The zero-order chi connectivity index (χ0) is 9.68. The zero-order valence-corrected chi connectivity index (χ0v) is 9.11. The summed E-state index contributed by atoms with van der Waals surface area (Å²) in [6.07, 6.45) is 0.992. The van der Waals surface area contributed by atoms with Crippen LogP contribution in [0.25, 0.3) is 0 Å². The predicted molar refractivity (Wildman–Crippen MR) is 54.9 cm³/mol. The van der Waals surface area contributed by atoms with E-state index >= 15 is 0 Å². The molecule has 0 amide bonds. The summed E-state index contributed by atoms with van der Waals surface area (Å²) >= 11 is 7.08. The monoisotopic (exact) mass is 220 g/mol. The fraction of sp³-hybridized carbons (Fsp3) is 0.714. The molecule has 0 aliphatic heterocycles. The fourth-order valence-electron chi connectivity index (χ4n) is 0.987. The van der Waals surface area contributed by atoms with Crippen molar-refractivity contribution in [2.45, 2.75) is 13.0 Å². The first-order valence-electron chi connectivity index (χ1n) is 4.09. The lowest BCUT2D eigenvalue weighted by Gasteiger charge is -2.13. The van der Waals surface area contributed by atoms with Crippen molar-refractivity contribution < 1.29 is 0 Å². The van der Waals surface area contributed by atoms with Crippen LogP contribution in [0.3, 0.4) is 0 Å². The number of aromatic nitrogens is 2. The van der Waals surface area contributed by atoms with Crippen LogP contribution in [-0.2, 0) is 6.54 Å². The van der Waals surface area contributed by atoms with Gasteiger partial charge in [-0.3, -0.25) is 0 Å². The highest BCUT2D eigenvalue weighted by atomic mass is 35.5. The van der Waals surface area contributed by atoms with Gasteiger partial charge in [0, 0.05) is 18.1 Å². The Morgan fingerprint density at radius 1 is 1.62 bits per heavy atom. The Labute approximate surface area is 86.8 Å². The molecule has 0 bridgehead atoms. The summed E-state index contributed by atoms with van der Waals surface area (Å²) in [7, 11) is 2.02. The maximum Gasteiger partial charge on any atom is 0.138 e. The topological polar surface area (TPSA) is 55.0 Å². The fourth-order valence-corrected chi connectivity index (χ4v) is 1.60. The van der Waals surface area contributed by atoms with Gasteiger partial charge in [-0.05, 0) is 26.6 Å². The van der Waals surface area contributed by atoms with Crippen molar-refractivity contribution >= 4 is 23.1 Å². The lowest BCUT2D eigenvalue weighted by molar-refractivity contribution is 0.320. The molecule has 0 aliphatic rings. The molecule has 0 saturated heterocycles. The van der Waals surface area contributed by atoms with Crippen LogP contribution in [0.4, 0.5) is 0 Å². The van der Waals surface area contributed by atoms with E-state index in [1.54, 1.807) is 0 Å². The standard InChI is InChI=1S/C7H13ClN4S/c1-12(4-2-3-9)5-6-7(8)13-11-10-6/h2-5,9H2,1H3. The second-order valence-electron chi connectivity index (χ2n) is 2.87. The Hall–Kier alpha value is -0.230. The lowest BCUT2D eigenvalue weighted by Crippen LogP contribution is -2.21.